The first-order valence-electron chi connectivity index (χ1n) is 7.86. The minimum Gasteiger partial charge on any atom is -0.368 e. The van der Waals surface area contributed by atoms with Gasteiger partial charge in [-0.15, -0.1) is 0 Å². The third-order valence-electron chi connectivity index (χ3n) is 4.25. The van der Waals surface area contributed by atoms with Crippen LogP contribution in [0.4, 0.5) is 11.5 Å². The summed E-state index contributed by atoms with van der Waals surface area (Å²) in [5.74, 6) is 0.826. The number of anilines is 2. The molecule has 1 aromatic carbocycles. The van der Waals surface area contributed by atoms with E-state index in [1.165, 1.54) is 11.3 Å². The maximum atomic E-state index is 9.05. The van der Waals surface area contributed by atoms with Gasteiger partial charge in [0.05, 0.1) is 5.02 Å². The van der Waals surface area contributed by atoms with E-state index in [0.717, 1.165) is 38.4 Å². The number of piperazine rings is 1. The average Bonchev–Trinajstić information content (AvgIpc) is 2.62. The molecule has 0 spiro atoms. The van der Waals surface area contributed by atoms with E-state index in [4.69, 9.17) is 16.9 Å². The summed E-state index contributed by atoms with van der Waals surface area (Å²) in [6.45, 7) is 5.82. The molecule has 1 aliphatic rings. The van der Waals surface area contributed by atoms with Crippen molar-refractivity contribution in [3.8, 4) is 6.07 Å². The Balaban J connectivity index is 1.67. The molecule has 23 heavy (non-hydrogen) atoms. The van der Waals surface area contributed by atoms with E-state index in [2.05, 4.69) is 46.0 Å². The van der Waals surface area contributed by atoms with Gasteiger partial charge in [0.1, 0.15) is 11.9 Å². The molecule has 118 valence electrons. The second-order valence-electron chi connectivity index (χ2n) is 5.61. The summed E-state index contributed by atoms with van der Waals surface area (Å²) in [6.07, 6.45) is 1.07. The molecule has 3 rings (SSSR count). The first kappa shape index (κ1) is 15.6. The number of rotatable bonds is 3. The molecule has 0 saturated carbocycles. The molecular weight excluding hydrogens is 308 g/mol. The van der Waals surface area contributed by atoms with Crippen LogP contribution in [0.1, 0.15) is 18.2 Å². The Morgan fingerprint density at radius 1 is 1.04 bits per heavy atom. The molecule has 0 unspecified atom stereocenters. The maximum absolute atomic E-state index is 9.05. The van der Waals surface area contributed by atoms with Gasteiger partial charge in [-0.1, -0.05) is 30.7 Å². The van der Waals surface area contributed by atoms with E-state index in [9.17, 15) is 0 Å². The highest BCUT2D eigenvalue weighted by molar-refractivity contribution is 6.31. The van der Waals surface area contributed by atoms with Crippen LogP contribution in [-0.2, 0) is 6.42 Å². The second-order valence-corrected chi connectivity index (χ2v) is 6.01. The molecule has 2 heterocycles. The Hall–Kier alpha value is -2.25. The fraction of sp³-hybridized carbons (Fsp3) is 0.333. The Labute approximate surface area is 141 Å². The number of hydrogen-bond donors (Lipinski definition) is 0. The Bertz CT molecular complexity index is 713. The first-order valence-corrected chi connectivity index (χ1v) is 8.24. The smallest absolute Gasteiger partial charge is 0.161 e. The molecule has 0 amide bonds. The van der Waals surface area contributed by atoms with Crippen LogP contribution in [0.2, 0.25) is 5.02 Å². The first-order chi connectivity index (χ1) is 11.2. The lowest BCUT2D eigenvalue weighted by Crippen LogP contribution is -2.46. The zero-order valence-corrected chi connectivity index (χ0v) is 13.9. The fourth-order valence-corrected chi connectivity index (χ4v) is 2.97. The van der Waals surface area contributed by atoms with Crippen molar-refractivity contribution in [3.05, 3.63) is 52.7 Å². The maximum Gasteiger partial charge on any atom is 0.161 e. The summed E-state index contributed by atoms with van der Waals surface area (Å²) in [5.41, 5.74) is 2.92. The number of nitrogens with zero attached hydrogens (tertiary/aromatic N) is 4. The van der Waals surface area contributed by atoms with Crippen LogP contribution in [0, 0.1) is 11.3 Å². The van der Waals surface area contributed by atoms with Crippen LogP contribution in [0.15, 0.2) is 36.4 Å². The summed E-state index contributed by atoms with van der Waals surface area (Å²) in [6, 6.07) is 14.5. The summed E-state index contributed by atoms with van der Waals surface area (Å²) in [7, 11) is 0. The van der Waals surface area contributed by atoms with E-state index in [1.54, 1.807) is 6.07 Å². The van der Waals surface area contributed by atoms with E-state index in [1.807, 2.05) is 12.1 Å². The van der Waals surface area contributed by atoms with Crippen molar-refractivity contribution in [1.29, 1.82) is 5.26 Å². The molecule has 0 atom stereocenters. The normalized spacial score (nSPS) is 14.7. The number of hydrogen-bond acceptors (Lipinski definition) is 4. The number of aromatic nitrogens is 1. The predicted octanol–water partition coefficient (Wildman–Crippen LogP) is 3.50. The molecule has 1 fully saturated rings. The molecule has 0 radical (unpaired) electrons. The van der Waals surface area contributed by atoms with Gasteiger partial charge < -0.3 is 9.80 Å². The van der Waals surface area contributed by atoms with Crippen LogP contribution in [0.5, 0.6) is 0 Å². The highest BCUT2D eigenvalue weighted by Crippen LogP contribution is 2.22. The molecule has 2 aromatic rings. The van der Waals surface area contributed by atoms with Crippen LogP contribution in [0.3, 0.4) is 0 Å². The average molecular weight is 327 g/mol. The predicted molar refractivity (Wildman–Crippen MR) is 94.2 cm³/mol. The van der Waals surface area contributed by atoms with Crippen molar-refractivity contribution >= 4 is 23.1 Å². The van der Waals surface area contributed by atoms with Crippen molar-refractivity contribution in [2.75, 3.05) is 36.0 Å². The Kier molecular flexibility index (Phi) is 4.68. The minimum absolute atomic E-state index is 0.293. The number of halogens is 1. The Morgan fingerprint density at radius 2 is 1.70 bits per heavy atom. The highest BCUT2D eigenvalue weighted by atomic mass is 35.5. The zero-order chi connectivity index (χ0) is 16.2. The van der Waals surface area contributed by atoms with E-state index >= 15 is 0 Å². The van der Waals surface area contributed by atoms with Gasteiger partial charge in [-0.3, -0.25) is 0 Å². The minimum atomic E-state index is 0.293. The standard InChI is InChI=1S/C18H19ClN4/c1-2-14-3-5-15(6-4-14)22-9-11-23(12-10-22)18-8-7-16(19)17(13-20)21-18/h3-8H,2,9-12H2,1H3. The van der Waals surface area contributed by atoms with Crippen molar-refractivity contribution in [1.82, 2.24) is 4.98 Å². The van der Waals surface area contributed by atoms with Crippen LogP contribution in [0.25, 0.3) is 0 Å². The van der Waals surface area contributed by atoms with Gasteiger partial charge in [0, 0.05) is 31.9 Å². The van der Waals surface area contributed by atoms with Crippen molar-refractivity contribution in [2.45, 2.75) is 13.3 Å². The number of pyridine rings is 1. The number of aryl methyl sites for hydroxylation is 1. The lowest BCUT2D eigenvalue weighted by Gasteiger charge is -2.36. The van der Waals surface area contributed by atoms with Gasteiger partial charge in [0.2, 0.25) is 0 Å². The van der Waals surface area contributed by atoms with E-state index in [-0.39, 0.29) is 0 Å². The fourth-order valence-electron chi connectivity index (χ4n) is 2.82. The molecule has 4 nitrogen and oxygen atoms in total. The molecular formula is C18H19ClN4. The molecule has 1 aliphatic heterocycles. The molecule has 1 aromatic heterocycles. The summed E-state index contributed by atoms with van der Waals surface area (Å²) < 4.78 is 0. The second kappa shape index (κ2) is 6.89. The van der Waals surface area contributed by atoms with Crippen LogP contribution < -0.4 is 9.80 Å². The van der Waals surface area contributed by atoms with E-state index < -0.39 is 0 Å². The largest absolute Gasteiger partial charge is 0.368 e. The number of benzene rings is 1. The molecule has 1 saturated heterocycles. The van der Waals surface area contributed by atoms with Crippen LogP contribution >= 0.6 is 11.6 Å². The third-order valence-corrected chi connectivity index (χ3v) is 4.56. The third kappa shape index (κ3) is 3.40. The van der Waals surface area contributed by atoms with Gasteiger partial charge in [-0.05, 0) is 36.2 Å². The van der Waals surface area contributed by atoms with Gasteiger partial charge in [0.25, 0.3) is 0 Å². The monoisotopic (exact) mass is 326 g/mol. The molecule has 0 bridgehead atoms. The topological polar surface area (TPSA) is 43.2 Å². The lowest BCUT2D eigenvalue weighted by molar-refractivity contribution is 0.647. The molecule has 0 N–H and O–H groups in total. The van der Waals surface area contributed by atoms with Gasteiger partial charge in [0.15, 0.2) is 5.69 Å². The van der Waals surface area contributed by atoms with Crippen LogP contribution in [-0.4, -0.2) is 31.2 Å². The lowest BCUT2D eigenvalue weighted by atomic mass is 10.1. The summed E-state index contributed by atoms with van der Waals surface area (Å²) in [4.78, 5) is 8.94. The quantitative estimate of drug-likeness (QED) is 0.866. The molecule has 5 heteroatoms. The van der Waals surface area contributed by atoms with Crippen molar-refractivity contribution in [3.63, 3.8) is 0 Å². The molecule has 0 aliphatic carbocycles. The summed E-state index contributed by atoms with van der Waals surface area (Å²) in [5, 5.41) is 9.46. The SMILES string of the molecule is CCc1ccc(N2CCN(c3ccc(Cl)c(C#N)n3)CC2)cc1. The van der Waals surface area contributed by atoms with Crippen molar-refractivity contribution < 1.29 is 0 Å². The van der Waals surface area contributed by atoms with Gasteiger partial charge in [-0.25, -0.2) is 4.98 Å². The Morgan fingerprint density at radius 3 is 2.30 bits per heavy atom. The number of nitriles is 1. The zero-order valence-electron chi connectivity index (χ0n) is 13.2. The van der Waals surface area contributed by atoms with Crippen molar-refractivity contribution in [2.24, 2.45) is 0 Å². The summed E-state index contributed by atoms with van der Waals surface area (Å²) >= 11 is 5.95. The van der Waals surface area contributed by atoms with Gasteiger partial charge >= 0.3 is 0 Å². The highest BCUT2D eigenvalue weighted by Gasteiger charge is 2.19. The van der Waals surface area contributed by atoms with Gasteiger partial charge in [-0.2, -0.15) is 5.26 Å². The van der Waals surface area contributed by atoms with E-state index in [0.29, 0.717) is 10.7 Å².